The predicted octanol–water partition coefficient (Wildman–Crippen LogP) is 4.26. The fourth-order valence-corrected chi connectivity index (χ4v) is 3.32. The number of benzene rings is 4. The maximum absolute atomic E-state index is 2.39. The Hall–Kier alpha value is -2.64. The zero-order valence-electron chi connectivity index (χ0n) is 13.1. The van der Waals surface area contributed by atoms with Gasteiger partial charge < -0.3 is 5.32 Å². The van der Waals surface area contributed by atoms with E-state index < -0.39 is 0 Å². The Morgan fingerprint density at radius 2 is 0.913 bits per heavy atom. The molecule has 1 nitrogen and oxygen atoms in total. The highest BCUT2D eigenvalue weighted by Crippen LogP contribution is 2.19. The second-order valence-electron chi connectivity index (χ2n) is 5.97. The van der Waals surface area contributed by atoms with Crippen molar-refractivity contribution in [2.45, 2.75) is 13.1 Å². The number of nitrogens with two attached hydrogens (primary N) is 1. The summed E-state index contributed by atoms with van der Waals surface area (Å²) >= 11 is 0. The lowest BCUT2D eigenvalue weighted by molar-refractivity contribution is -0.685. The largest absolute Gasteiger partial charge is 0.339 e. The van der Waals surface area contributed by atoms with Crippen LogP contribution in [0.3, 0.4) is 0 Å². The van der Waals surface area contributed by atoms with E-state index in [0.29, 0.717) is 0 Å². The normalized spacial score (nSPS) is 11.1. The average molecular weight is 298 g/mol. The number of rotatable bonds is 4. The summed E-state index contributed by atoms with van der Waals surface area (Å²) in [5, 5.41) is 7.77. The summed E-state index contributed by atoms with van der Waals surface area (Å²) in [6.07, 6.45) is 0. The third kappa shape index (κ3) is 2.84. The fourth-order valence-electron chi connectivity index (χ4n) is 3.32. The lowest BCUT2D eigenvalue weighted by Gasteiger charge is -2.08. The molecule has 0 aliphatic carbocycles. The van der Waals surface area contributed by atoms with E-state index in [1.54, 1.807) is 0 Å². The minimum Gasteiger partial charge on any atom is -0.339 e. The van der Waals surface area contributed by atoms with Crippen molar-refractivity contribution in [3.05, 3.63) is 96.1 Å². The lowest BCUT2D eigenvalue weighted by Crippen LogP contribution is -2.80. The van der Waals surface area contributed by atoms with Gasteiger partial charge in [-0.3, -0.25) is 0 Å². The molecular weight excluding hydrogens is 278 g/mol. The maximum Gasteiger partial charge on any atom is 0.102 e. The van der Waals surface area contributed by atoms with E-state index in [9.17, 15) is 0 Å². The molecule has 0 radical (unpaired) electrons. The molecule has 0 saturated carbocycles. The van der Waals surface area contributed by atoms with Crippen LogP contribution in [0, 0.1) is 0 Å². The Morgan fingerprint density at radius 1 is 0.478 bits per heavy atom. The van der Waals surface area contributed by atoms with Gasteiger partial charge in [-0.2, -0.15) is 0 Å². The molecule has 0 fully saturated rings. The summed E-state index contributed by atoms with van der Waals surface area (Å²) in [5.41, 5.74) is 2.81. The van der Waals surface area contributed by atoms with E-state index in [4.69, 9.17) is 0 Å². The zero-order chi connectivity index (χ0) is 15.5. The highest BCUT2D eigenvalue weighted by molar-refractivity contribution is 5.86. The smallest absolute Gasteiger partial charge is 0.102 e. The second kappa shape index (κ2) is 6.23. The van der Waals surface area contributed by atoms with Crippen LogP contribution in [0.1, 0.15) is 11.1 Å². The first kappa shape index (κ1) is 14.0. The van der Waals surface area contributed by atoms with E-state index in [-0.39, 0.29) is 0 Å². The van der Waals surface area contributed by atoms with Gasteiger partial charge in [-0.1, -0.05) is 84.9 Å². The molecule has 0 bridgehead atoms. The molecule has 4 aromatic rings. The minimum atomic E-state index is 1.00. The van der Waals surface area contributed by atoms with Crippen LogP contribution < -0.4 is 5.32 Å². The van der Waals surface area contributed by atoms with Crippen LogP contribution in [0.2, 0.25) is 0 Å². The van der Waals surface area contributed by atoms with Crippen LogP contribution in [0.25, 0.3) is 21.5 Å². The summed E-state index contributed by atoms with van der Waals surface area (Å²) in [6, 6.07) is 30.4. The maximum atomic E-state index is 2.39. The molecule has 0 unspecified atom stereocenters. The monoisotopic (exact) mass is 298 g/mol. The van der Waals surface area contributed by atoms with Gasteiger partial charge in [0.2, 0.25) is 0 Å². The second-order valence-corrected chi connectivity index (χ2v) is 5.97. The van der Waals surface area contributed by atoms with E-state index in [1.807, 2.05) is 0 Å². The quantitative estimate of drug-likeness (QED) is 0.580. The molecule has 0 amide bonds. The van der Waals surface area contributed by atoms with Gasteiger partial charge in [0.1, 0.15) is 13.1 Å². The minimum absolute atomic E-state index is 1.00. The van der Waals surface area contributed by atoms with Crippen LogP contribution in [0.15, 0.2) is 84.9 Å². The van der Waals surface area contributed by atoms with Gasteiger partial charge in [0, 0.05) is 11.1 Å². The molecule has 0 spiro atoms. The fraction of sp³-hybridized carbons (Fsp3) is 0.0909. The first-order valence-electron chi connectivity index (χ1n) is 8.17. The van der Waals surface area contributed by atoms with Gasteiger partial charge in [-0.25, -0.2) is 0 Å². The van der Waals surface area contributed by atoms with Crippen molar-refractivity contribution in [1.29, 1.82) is 0 Å². The van der Waals surface area contributed by atoms with Crippen LogP contribution in [-0.4, -0.2) is 0 Å². The molecule has 0 saturated heterocycles. The van der Waals surface area contributed by atoms with Gasteiger partial charge in [0.25, 0.3) is 0 Å². The van der Waals surface area contributed by atoms with E-state index >= 15 is 0 Å². The highest BCUT2D eigenvalue weighted by Gasteiger charge is 2.04. The lowest BCUT2D eigenvalue weighted by atomic mass is 10.0. The molecule has 0 aromatic heterocycles. The number of hydrogen-bond donors (Lipinski definition) is 1. The van der Waals surface area contributed by atoms with Crippen LogP contribution in [0.5, 0.6) is 0 Å². The summed E-state index contributed by atoms with van der Waals surface area (Å²) < 4.78 is 0. The van der Waals surface area contributed by atoms with Crippen molar-refractivity contribution in [2.75, 3.05) is 0 Å². The van der Waals surface area contributed by atoms with Crippen molar-refractivity contribution >= 4 is 21.5 Å². The van der Waals surface area contributed by atoms with Gasteiger partial charge in [0.15, 0.2) is 0 Å². The molecule has 4 aromatic carbocycles. The third-order valence-electron chi connectivity index (χ3n) is 4.49. The molecule has 23 heavy (non-hydrogen) atoms. The average Bonchev–Trinajstić information content (AvgIpc) is 2.62. The van der Waals surface area contributed by atoms with E-state index in [1.165, 1.54) is 32.7 Å². The molecule has 1 heteroatoms. The van der Waals surface area contributed by atoms with Crippen LogP contribution in [-0.2, 0) is 13.1 Å². The van der Waals surface area contributed by atoms with Crippen LogP contribution in [0.4, 0.5) is 0 Å². The molecule has 0 aliphatic rings. The Labute approximate surface area is 136 Å². The summed E-state index contributed by atoms with van der Waals surface area (Å²) in [6.45, 7) is 2.01. The summed E-state index contributed by atoms with van der Waals surface area (Å²) in [4.78, 5) is 0. The standard InChI is InChI=1S/C22H19N/c1-3-13-21-17(7-1)9-5-11-19(21)15-23-16-20-12-6-10-18-8-2-4-14-22(18)20/h1-14,23H,15-16H2/p+1. The summed E-state index contributed by atoms with van der Waals surface area (Å²) in [7, 11) is 0. The Morgan fingerprint density at radius 3 is 1.43 bits per heavy atom. The molecule has 2 N–H and O–H groups in total. The Balaban J connectivity index is 1.55. The van der Waals surface area contributed by atoms with Crippen molar-refractivity contribution in [1.82, 2.24) is 0 Å². The predicted molar refractivity (Wildman–Crippen MR) is 97.2 cm³/mol. The Bertz CT molecular complexity index is 866. The van der Waals surface area contributed by atoms with Crippen molar-refractivity contribution in [2.24, 2.45) is 0 Å². The summed E-state index contributed by atoms with van der Waals surface area (Å²) in [5.74, 6) is 0. The molecule has 0 heterocycles. The third-order valence-corrected chi connectivity index (χ3v) is 4.49. The van der Waals surface area contributed by atoms with Gasteiger partial charge in [-0.05, 0) is 21.5 Å². The Kier molecular flexibility index (Phi) is 3.79. The van der Waals surface area contributed by atoms with Crippen molar-refractivity contribution < 1.29 is 5.32 Å². The SMILES string of the molecule is c1ccc2c(C[NH2+]Cc3cccc4ccccc34)cccc2c1. The van der Waals surface area contributed by atoms with Gasteiger partial charge >= 0.3 is 0 Å². The van der Waals surface area contributed by atoms with E-state index in [0.717, 1.165) is 13.1 Å². The number of hydrogen-bond acceptors (Lipinski definition) is 0. The first-order valence-corrected chi connectivity index (χ1v) is 8.17. The number of quaternary nitrogens is 1. The molecule has 0 aliphatic heterocycles. The molecule has 112 valence electrons. The molecular formula is C22H20N+. The molecule has 4 rings (SSSR count). The first-order chi connectivity index (χ1) is 11.4. The van der Waals surface area contributed by atoms with E-state index in [2.05, 4.69) is 90.2 Å². The zero-order valence-corrected chi connectivity index (χ0v) is 13.1. The van der Waals surface area contributed by atoms with Crippen molar-refractivity contribution in [3.63, 3.8) is 0 Å². The van der Waals surface area contributed by atoms with Gasteiger partial charge in [-0.15, -0.1) is 0 Å². The van der Waals surface area contributed by atoms with Gasteiger partial charge in [0.05, 0.1) is 0 Å². The number of fused-ring (bicyclic) bond motifs is 2. The van der Waals surface area contributed by atoms with Crippen LogP contribution >= 0.6 is 0 Å². The van der Waals surface area contributed by atoms with Crippen molar-refractivity contribution in [3.8, 4) is 0 Å². The molecule has 0 atom stereocenters. The topological polar surface area (TPSA) is 16.6 Å². The highest BCUT2D eigenvalue weighted by atomic mass is 14.8.